The minimum absolute atomic E-state index is 0.0536. The molecule has 4 heteroatoms. The Morgan fingerprint density at radius 3 is 2.58 bits per heavy atom. The van der Waals surface area contributed by atoms with E-state index in [-0.39, 0.29) is 12.1 Å². The first-order chi connectivity index (χ1) is 9.15. The lowest BCUT2D eigenvalue weighted by Crippen LogP contribution is -2.49. The number of aliphatic hydroxyl groups excluding tert-OH is 1. The number of nitrogens with zero attached hydrogens (tertiary/aromatic N) is 1. The quantitative estimate of drug-likeness (QED) is 0.530. The molecule has 19 heavy (non-hydrogen) atoms. The van der Waals surface area contributed by atoms with Crippen LogP contribution in [0.2, 0.25) is 0 Å². The van der Waals surface area contributed by atoms with Crippen LogP contribution in [0, 0.1) is 0 Å². The molecule has 0 heterocycles. The first-order valence-corrected chi connectivity index (χ1v) is 7.80. The minimum atomic E-state index is -0.0536. The Labute approximate surface area is 118 Å². The van der Waals surface area contributed by atoms with Gasteiger partial charge in [0.2, 0.25) is 0 Å². The van der Waals surface area contributed by atoms with E-state index >= 15 is 0 Å². The van der Waals surface area contributed by atoms with Gasteiger partial charge in [-0.15, -0.1) is 0 Å². The topological polar surface area (TPSA) is 44.7 Å². The van der Waals surface area contributed by atoms with Crippen molar-refractivity contribution in [1.29, 1.82) is 0 Å². The SMILES string of the molecule is CCOCCN(C)CCCC(CC)(CO)NC1CC1. The molecular weight excluding hydrogens is 240 g/mol. The molecule has 0 aliphatic heterocycles. The Balaban J connectivity index is 2.19. The smallest absolute Gasteiger partial charge is 0.0613 e. The first-order valence-electron chi connectivity index (χ1n) is 7.80. The van der Waals surface area contributed by atoms with Crippen LogP contribution in [0.15, 0.2) is 0 Å². The lowest BCUT2D eigenvalue weighted by atomic mass is 9.91. The Bertz CT molecular complexity index is 228. The summed E-state index contributed by atoms with van der Waals surface area (Å²) in [5.74, 6) is 0. The molecule has 1 atom stereocenters. The van der Waals surface area contributed by atoms with Crippen molar-refractivity contribution >= 4 is 0 Å². The molecule has 114 valence electrons. The van der Waals surface area contributed by atoms with Crippen molar-refractivity contribution in [2.75, 3.05) is 40.0 Å². The molecule has 1 fully saturated rings. The normalized spacial score (nSPS) is 18.8. The molecule has 0 amide bonds. The molecule has 0 saturated heterocycles. The van der Waals surface area contributed by atoms with Crippen molar-refractivity contribution in [3.63, 3.8) is 0 Å². The fourth-order valence-electron chi connectivity index (χ4n) is 2.41. The van der Waals surface area contributed by atoms with E-state index in [2.05, 4.69) is 24.2 Å². The van der Waals surface area contributed by atoms with Gasteiger partial charge in [0, 0.05) is 24.7 Å². The van der Waals surface area contributed by atoms with E-state index in [4.69, 9.17) is 4.74 Å². The van der Waals surface area contributed by atoms with Crippen LogP contribution in [-0.4, -0.2) is 61.5 Å². The third-order valence-corrected chi connectivity index (χ3v) is 4.08. The molecule has 0 bridgehead atoms. The Kier molecular flexibility index (Phi) is 7.91. The maximum absolute atomic E-state index is 9.70. The van der Waals surface area contributed by atoms with Gasteiger partial charge in [-0.2, -0.15) is 0 Å². The number of aliphatic hydroxyl groups is 1. The second-order valence-corrected chi connectivity index (χ2v) is 5.81. The molecule has 0 aromatic carbocycles. The molecule has 0 radical (unpaired) electrons. The Morgan fingerprint density at radius 2 is 2.05 bits per heavy atom. The third kappa shape index (κ3) is 6.70. The van der Waals surface area contributed by atoms with Gasteiger partial charge in [-0.1, -0.05) is 6.92 Å². The van der Waals surface area contributed by atoms with Crippen molar-refractivity contribution in [3.8, 4) is 0 Å². The van der Waals surface area contributed by atoms with Gasteiger partial charge >= 0.3 is 0 Å². The zero-order chi connectivity index (χ0) is 14.1. The monoisotopic (exact) mass is 272 g/mol. The van der Waals surface area contributed by atoms with Crippen molar-refractivity contribution < 1.29 is 9.84 Å². The second kappa shape index (κ2) is 8.90. The van der Waals surface area contributed by atoms with Gasteiger partial charge in [0.25, 0.3) is 0 Å². The predicted octanol–water partition coefficient (Wildman–Crippen LogP) is 1.63. The zero-order valence-electron chi connectivity index (χ0n) is 13.0. The van der Waals surface area contributed by atoms with Crippen LogP contribution in [0.5, 0.6) is 0 Å². The molecular formula is C15H32N2O2. The summed E-state index contributed by atoms with van der Waals surface area (Å²) in [6, 6.07) is 0.655. The summed E-state index contributed by atoms with van der Waals surface area (Å²) >= 11 is 0. The molecule has 0 aromatic rings. The number of nitrogens with one attached hydrogen (secondary N) is 1. The maximum Gasteiger partial charge on any atom is 0.0613 e. The molecule has 0 aromatic heterocycles. The fraction of sp³-hybridized carbons (Fsp3) is 1.00. The summed E-state index contributed by atoms with van der Waals surface area (Å²) in [6.07, 6.45) is 5.72. The average molecular weight is 272 g/mol. The van der Waals surface area contributed by atoms with Crippen LogP contribution < -0.4 is 5.32 Å². The van der Waals surface area contributed by atoms with E-state index in [9.17, 15) is 5.11 Å². The molecule has 1 saturated carbocycles. The van der Waals surface area contributed by atoms with Crippen LogP contribution in [0.3, 0.4) is 0 Å². The number of ether oxygens (including phenoxy) is 1. The maximum atomic E-state index is 9.70. The highest BCUT2D eigenvalue weighted by molar-refractivity contribution is 4.94. The van der Waals surface area contributed by atoms with Crippen LogP contribution in [-0.2, 0) is 4.74 Å². The van der Waals surface area contributed by atoms with Gasteiger partial charge in [-0.05, 0) is 52.6 Å². The summed E-state index contributed by atoms with van der Waals surface area (Å²) in [5, 5.41) is 13.3. The second-order valence-electron chi connectivity index (χ2n) is 5.81. The molecule has 1 aliphatic carbocycles. The van der Waals surface area contributed by atoms with E-state index < -0.39 is 0 Å². The van der Waals surface area contributed by atoms with Crippen molar-refractivity contribution in [3.05, 3.63) is 0 Å². The highest BCUT2D eigenvalue weighted by Gasteiger charge is 2.33. The predicted molar refractivity (Wildman–Crippen MR) is 79.5 cm³/mol. The van der Waals surface area contributed by atoms with Gasteiger partial charge < -0.3 is 20.1 Å². The highest BCUT2D eigenvalue weighted by Crippen LogP contribution is 2.26. The van der Waals surface area contributed by atoms with Gasteiger partial charge in [-0.3, -0.25) is 0 Å². The number of hydrogen-bond acceptors (Lipinski definition) is 4. The number of hydrogen-bond donors (Lipinski definition) is 2. The summed E-state index contributed by atoms with van der Waals surface area (Å²) in [7, 11) is 2.14. The van der Waals surface area contributed by atoms with Crippen LogP contribution in [0.1, 0.15) is 46.0 Å². The van der Waals surface area contributed by atoms with Gasteiger partial charge in [-0.25, -0.2) is 0 Å². The molecule has 0 spiro atoms. The zero-order valence-corrected chi connectivity index (χ0v) is 13.0. The molecule has 4 nitrogen and oxygen atoms in total. The summed E-state index contributed by atoms with van der Waals surface area (Å²) in [6.45, 7) is 8.12. The Morgan fingerprint density at radius 1 is 1.32 bits per heavy atom. The molecule has 1 aliphatic rings. The van der Waals surface area contributed by atoms with Crippen molar-refractivity contribution in [2.45, 2.75) is 57.5 Å². The van der Waals surface area contributed by atoms with E-state index in [1.54, 1.807) is 0 Å². The number of rotatable bonds is 12. The van der Waals surface area contributed by atoms with Gasteiger partial charge in [0.05, 0.1) is 13.2 Å². The largest absolute Gasteiger partial charge is 0.394 e. The summed E-state index contributed by atoms with van der Waals surface area (Å²) in [4.78, 5) is 2.31. The summed E-state index contributed by atoms with van der Waals surface area (Å²) in [5.41, 5.74) is -0.0536. The highest BCUT2D eigenvalue weighted by atomic mass is 16.5. The lowest BCUT2D eigenvalue weighted by molar-refractivity contribution is 0.115. The fourth-order valence-corrected chi connectivity index (χ4v) is 2.41. The van der Waals surface area contributed by atoms with Crippen LogP contribution in [0.25, 0.3) is 0 Å². The van der Waals surface area contributed by atoms with E-state index in [0.717, 1.165) is 45.6 Å². The minimum Gasteiger partial charge on any atom is -0.394 e. The lowest BCUT2D eigenvalue weighted by Gasteiger charge is -2.33. The van der Waals surface area contributed by atoms with Crippen LogP contribution >= 0.6 is 0 Å². The van der Waals surface area contributed by atoms with Gasteiger partial charge in [0.15, 0.2) is 0 Å². The van der Waals surface area contributed by atoms with Crippen molar-refractivity contribution in [2.24, 2.45) is 0 Å². The third-order valence-electron chi connectivity index (χ3n) is 4.08. The van der Waals surface area contributed by atoms with Gasteiger partial charge in [0.1, 0.15) is 0 Å². The van der Waals surface area contributed by atoms with Crippen LogP contribution in [0.4, 0.5) is 0 Å². The number of likely N-dealkylation sites (N-methyl/N-ethyl adjacent to an activating group) is 1. The molecule has 1 rings (SSSR count). The average Bonchev–Trinajstić information content (AvgIpc) is 3.22. The summed E-state index contributed by atoms with van der Waals surface area (Å²) < 4.78 is 5.36. The van der Waals surface area contributed by atoms with Crippen molar-refractivity contribution in [1.82, 2.24) is 10.2 Å². The van der Waals surface area contributed by atoms with E-state index in [1.165, 1.54) is 12.8 Å². The first kappa shape index (κ1) is 16.9. The Hall–Kier alpha value is -0.160. The van der Waals surface area contributed by atoms with E-state index in [1.807, 2.05) is 6.92 Å². The molecule has 1 unspecified atom stereocenters. The molecule has 2 N–H and O–H groups in total. The standard InChI is InChI=1S/C15H32N2O2/c1-4-15(13-18,16-14-7-8-14)9-6-10-17(3)11-12-19-5-2/h14,16,18H,4-13H2,1-3H3. The van der Waals surface area contributed by atoms with E-state index in [0.29, 0.717) is 6.04 Å².